The van der Waals surface area contributed by atoms with Crippen LogP contribution in [0.4, 0.5) is 5.69 Å². The van der Waals surface area contributed by atoms with Gasteiger partial charge in [0.1, 0.15) is 12.6 Å². The summed E-state index contributed by atoms with van der Waals surface area (Å²) in [5.41, 5.74) is 3.00. The van der Waals surface area contributed by atoms with Crippen molar-refractivity contribution in [2.75, 3.05) is 17.9 Å². The lowest BCUT2D eigenvalue weighted by atomic mass is 10.1. The summed E-state index contributed by atoms with van der Waals surface area (Å²) in [7, 11) is -2.61. The van der Waals surface area contributed by atoms with E-state index in [1.54, 1.807) is 30.3 Å². The van der Waals surface area contributed by atoms with Gasteiger partial charge in [-0.3, -0.25) is 13.9 Å². The molecule has 7 nitrogen and oxygen atoms in total. The first-order valence-electron chi connectivity index (χ1n) is 12.0. The van der Waals surface area contributed by atoms with Gasteiger partial charge >= 0.3 is 0 Å². The highest BCUT2D eigenvalue weighted by Gasteiger charge is 2.33. The van der Waals surface area contributed by atoms with Crippen molar-refractivity contribution >= 4 is 39.1 Å². The molecule has 0 aromatic heterocycles. The summed E-state index contributed by atoms with van der Waals surface area (Å²) in [5.74, 6) is -0.825. The van der Waals surface area contributed by atoms with Crippen molar-refractivity contribution in [2.45, 2.75) is 44.7 Å². The van der Waals surface area contributed by atoms with E-state index in [1.165, 1.54) is 30.1 Å². The minimum Gasteiger partial charge on any atom is -0.357 e. The van der Waals surface area contributed by atoms with Gasteiger partial charge in [-0.25, -0.2) is 8.42 Å². The number of likely N-dealkylation sites (N-methyl/N-ethyl adjacent to an activating group) is 1. The molecule has 3 aromatic rings. The molecule has 0 saturated heterocycles. The number of sulfonamides is 1. The van der Waals surface area contributed by atoms with E-state index >= 15 is 0 Å². The number of nitrogens with one attached hydrogen (secondary N) is 1. The van der Waals surface area contributed by atoms with Crippen molar-refractivity contribution in [1.29, 1.82) is 0 Å². The van der Waals surface area contributed by atoms with Crippen LogP contribution in [-0.2, 0) is 26.2 Å². The fourth-order valence-corrected chi connectivity index (χ4v) is 5.65. The van der Waals surface area contributed by atoms with Gasteiger partial charge < -0.3 is 10.2 Å². The Kier molecular flexibility index (Phi) is 9.34. The van der Waals surface area contributed by atoms with E-state index in [2.05, 4.69) is 5.32 Å². The molecule has 37 heavy (non-hydrogen) atoms. The van der Waals surface area contributed by atoms with Crippen LogP contribution in [0.2, 0.25) is 5.02 Å². The molecule has 0 aliphatic heterocycles. The van der Waals surface area contributed by atoms with E-state index in [9.17, 15) is 18.0 Å². The summed E-state index contributed by atoms with van der Waals surface area (Å²) in [6.45, 7) is 5.26. The van der Waals surface area contributed by atoms with E-state index in [4.69, 9.17) is 11.6 Å². The first-order valence-corrected chi connectivity index (χ1v) is 13.8. The van der Waals surface area contributed by atoms with E-state index in [1.807, 2.05) is 45.0 Å². The van der Waals surface area contributed by atoms with Crippen molar-refractivity contribution in [2.24, 2.45) is 0 Å². The molecule has 0 aliphatic rings. The minimum atomic E-state index is -4.13. The Morgan fingerprint density at radius 2 is 1.65 bits per heavy atom. The van der Waals surface area contributed by atoms with Crippen molar-refractivity contribution < 1.29 is 18.0 Å². The molecule has 3 rings (SSSR count). The Morgan fingerprint density at radius 3 is 2.24 bits per heavy atom. The maximum absolute atomic E-state index is 13.9. The van der Waals surface area contributed by atoms with Crippen LogP contribution in [0.3, 0.4) is 0 Å². The van der Waals surface area contributed by atoms with Crippen LogP contribution in [0, 0.1) is 13.8 Å². The van der Waals surface area contributed by atoms with E-state index < -0.39 is 28.5 Å². The third-order valence-corrected chi connectivity index (χ3v) is 8.24. The summed E-state index contributed by atoms with van der Waals surface area (Å²) in [4.78, 5) is 28.1. The highest BCUT2D eigenvalue weighted by Crippen LogP contribution is 2.27. The van der Waals surface area contributed by atoms with Gasteiger partial charge in [0, 0.05) is 18.6 Å². The Morgan fingerprint density at radius 1 is 0.973 bits per heavy atom. The van der Waals surface area contributed by atoms with Crippen LogP contribution in [-0.4, -0.2) is 44.8 Å². The Balaban J connectivity index is 2.07. The second-order valence-corrected chi connectivity index (χ2v) is 11.1. The number of aryl methyl sites for hydroxylation is 2. The Hall–Kier alpha value is -3.36. The van der Waals surface area contributed by atoms with Crippen LogP contribution in [0.1, 0.15) is 30.0 Å². The van der Waals surface area contributed by atoms with E-state index in [0.717, 1.165) is 21.0 Å². The monoisotopic (exact) mass is 541 g/mol. The number of carbonyl (C=O) groups excluding carboxylic acids is 2. The molecule has 0 spiro atoms. The molecule has 0 radical (unpaired) electrons. The number of hydrogen-bond acceptors (Lipinski definition) is 4. The molecule has 2 amide bonds. The lowest BCUT2D eigenvalue weighted by Gasteiger charge is -2.33. The zero-order valence-electron chi connectivity index (χ0n) is 21.4. The smallest absolute Gasteiger partial charge is 0.264 e. The SMILES string of the molecule is CC[C@H](C(=O)NC)N(Cc1ccccc1C)C(=O)CN(c1cccc(Cl)c1)S(=O)(=O)c1ccc(C)cc1. The van der Waals surface area contributed by atoms with E-state index in [-0.39, 0.29) is 23.0 Å². The van der Waals surface area contributed by atoms with Crippen LogP contribution in [0.15, 0.2) is 77.7 Å². The highest BCUT2D eigenvalue weighted by molar-refractivity contribution is 7.92. The predicted molar refractivity (Wildman–Crippen MR) is 147 cm³/mol. The van der Waals surface area contributed by atoms with Gasteiger partial charge in [-0.2, -0.15) is 0 Å². The highest BCUT2D eigenvalue weighted by atomic mass is 35.5. The average molecular weight is 542 g/mol. The molecular weight excluding hydrogens is 510 g/mol. The molecule has 1 N–H and O–H groups in total. The number of anilines is 1. The fraction of sp³-hybridized carbons (Fsp3) is 0.286. The maximum atomic E-state index is 13.9. The van der Waals surface area contributed by atoms with Crippen LogP contribution in [0.5, 0.6) is 0 Å². The van der Waals surface area contributed by atoms with Crippen LogP contribution < -0.4 is 9.62 Å². The van der Waals surface area contributed by atoms with Crippen molar-refractivity contribution in [3.63, 3.8) is 0 Å². The van der Waals surface area contributed by atoms with Crippen molar-refractivity contribution in [1.82, 2.24) is 10.2 Å². The molecule has 0 unspecified atom stereocenters. The number of nitrogens with zero attached hydrogens (tertiary/aromatic N) is 2. The van der Waals surface area contributed by atoms with Gasteiger partial charge in [-0.15, -0.1) is 0 Å². The molecule has 0 aliphatic carbocycles. The maximum Gasteiger partial charge on any atom is 0.264 e. The molecule has 3 aromatic carbocycles. The number of halogens is 1. The van der Waals surface area contributed by atoms with Gasteiger partial charge in [0.2, 0.25) is 11.8 Å². The second kappa shape index (κ2) is 12.3. The first-order chi connectivity index (χ1) is 17.6. The quantitative estimate of drug-likeness (QED) is 0.403. The standard InChI is InChI=1S/C28H32ClN3O4S/c1-5-26(28(34)30-4)31(18-22-10-7-6-9-21(22)3)27(33)19-32(24-12-8-11-23(29)17-24)37(35,36)25-15-13-20(2)14-16-25/h6-17,26H,5,18-19H2,1-4H3,(H,30,34)/t26-/m1/s1. The minimum absolute atomic E-state index is 0.0506. The topological polar surface area (TPSA) is 86.8 Å². The molecule has 0 saturated carbocycles. The lowest BCUT2D eigenvalue weighted by molar-refractivity contribution is -0.140. The van der Waals surface area contributed by atoms with Gasteiger partial charge in [0.25, 0.3) is 10.0 Å². The molecule has 196 valence electrons. The number of carbonyl (C=O) groups is 2. The third-order valence-electron chi connectivity index (χ3n) is 6.22. The zero-order chi connectivity index (χ0) is 27.2. The molecular formula is C28H32ClN3O4S. The summed E-state index contributed by atoms with van der Waals surface area (Å²) < 4.78 is 28.6. The summed E-state index contributed by atoms with van der Waals surface area (Å²) >= 11 is 6.19. The summed E-state index contributed by atoms with van der Waals surface area (Å²) in [6.07, 6.45) is 0.360. The van der Waals surface area contributed by atoms with Gasteiger partial charge in [0.05, 0.1) is 10.6 Å². The average Bonchev–Trinajstić information content (AvgIpc) is 2.88. The summed E-state index contributed by atoms with van der Waals surface area (Å²) in [5, 5.41) is 2.96. The number of rotatable bonds is 10. The Bertz CT molecular complexity index is 1360. The largest absolute Gasteiger partial charge is 0.357 e. The van der Waals surface area contributed by atoms with Crippen LogP contribution >= 0.6 is 11.6 Å². The normalized spacial score (nSPS) is 12.0. The molecule has 0 heterocycles. The summed E-state index contributed by atoms with van der Waals surface area (Å²) in [6, 6.07) is 19.6. The Labute approximate surface area is 224 Å². The molecule has 0 bridgehead atoms. The molecule has 0 fully saturated rings. The number of benzene rings is 3. The van der Waals surface area contributed by atoms with Crippen molar-refractivity contribution in [3.05, 3.63) is 94.5 Å². The van der Waals surface area contributed by atoms with E-state index in [0.29, 0.717) is 11.4 Å². The number of hydrogen-bond donors (Lipinski definition) is 1. The van der Waals surface area contributed by atoms with Gasteiger partial charge in [0.15, 0.2) is 0 Å². The van der Waals surface area contributed by atoms with Gasteiger partial charge in [-0.05, 0) is 61.7 Å². The third kappa shape index (κ3) is 6.70. The first kappa shape index (κ1) is 28.2. The fourth-order valence-electron chi connectivity index (χ4n) is 4.05. The predicted octanol–water partition coefficient (Wildman–Crippen LogP) is 4.71. The molecule has 1 atom stereocenters. The molecule has 9 heteroatoms. The van der Waals surface area contributed by atoms with Crippen molar-refractivity contribution in [3.8, 4) is 0 Å². The lowest BCUT2D eigenvalue weighted by Crippen LogP contribution is -2.51. The second-order valence-electron chi connectivity index (χ2n) is 8.79. The van der Waals surface area contributed by atoms with Crippen LogP contribution in [0.25, 0.3) is 0 Å². The van der Waals surface area contributed by atoms with Gasteiger partial charge in [-0.1, -0.05) is 66.6 Å². The zero-order valence-corrected chi connectivity index (χ0v) is 23.0. The number of amides is 2.